The van der Waals surface area contributed by atoms with E-state index < -0.39 is 0 Å². The van der Waals surface area contributed by atoms with Crippen LogP contribution in [0.3, 0.4) is 0 Å². The fourth-order valence-corrected chi connectivity index (χ4v) is 4.27. The number of carbonyl (C=O) groups is 2. The topological polar surface area (TPSA) is 58.2 Å². The van der Waals surface area contributed by atoms with Gasteiger partial charge in [0.1, 0.15) is 11.8 Å². The van der Waals surface area contributed by atoms with Crippen LogP contribution in [0.2, 0.25) is 0 Å². The molecule has 1 aliphatic carbocycles. The minimum absolute atomic E-state index is 0.0565. The molecule has 3 rings (SSSR count). The summed E-state index contributed by atoms with van der Waals surface area (Å²) in [5, 5.41) is 5.57. The Morgan fingerprint density at radius 3 is 1.55 bits per heavy atom. The number of hydrogen-bond donors (Lipinski definition) is 2. The van der Waals surface area contributed by atoms with Crippen molar-refractivity contribution in [2.45, 2.75) is 38.0 Å². The number of alkyl halides is 2. The molecular formula is C23H26Cl2N2O2. The maximum Gasteiger partial charge on any atom is 0.239 e. The molecule has 2 amide bonds. The molecule has 154 valence electrons. The van der Waals surface area contributed by atoms with Gasteiger partial charge in [-0.1, -0.05) is 43.5 Å². The van der Waals surface area contributed by atoms with Crippen LogP contribution in [0, 0.1) is 5.92 Å². The monoisotopic (exact) mass is 432 g/mol. The van der Waals surface area contributed by atoms with Crippen LogP contribution in [0.4, 0.5) is 11.4 Å². The van der Waals surface area contributed by atoms with E-state index in [1.54, 1.807) is 0 Å². The summed E-state index contributed by atoms with van der Waals surface area (Å²) in [5.41, 5.74) is 3.97. The number of anilines is 2. The molecule has 2 aromatic carbocycles. The molecule has 0 unspecified atom stereocenters. The van der Waals surface area contributed by atoms with Gasteiger partial charge in [-0.05, 0) is 54.2 Å². The third kappa shape index (κ3) is 5.97. The molecule has 1 fully saturated rings. The van der Waals surface area contributed by atoms with Crippen LogP contribution in [0.25, 0.3) is 0 Å². The fourth-order valence-electron chi connectivity index (χ4n) is 4.14. The largest absolute Gasteiger partial charge is 0.325 e. The normalized spacial score (nSPS) is 14.6. The van der Waals surface area contributed by atoms with Gasteiger partial charge in [-0.3, -0.25) is 9.59 Å². The van der Waals surface area contributed by atoms with Crippen LogP contribution in [-0.4, -0.2) is 23.6 Å². The number of benzene rings is 2. The van der Waals surface area contributed by atoms with Crippen LogP contribution in [0.5, 0.6) is 0 Å². The zero-order valence-electron chi connectivity index (χ0n) is 16.3. The van der Waals surface area contributed by atoms with Crippen molar-refractivity contribution in [2.75, 3.05) is 22.4 Å². The van der Waals surface area contributed by atoms with Crippen molar-refractivity contribution in [3.05, 3.63) is 59.7 Å². The van der Waals surface area contributed by atoms with Gasteiger partial charge in [-0.2, -0.15) is 0 Å². The predicted octanol–water partition coefficient (Wildman–Crippen LogP) is 5.75. The summed E-state index contributed by atoms with van der Waals surface area (Å²) >= 11 is 11.1. The third-order valence-corrected chi connectivity index (χ3v) is 5.96. The Balaban J connectivity index is 1.85. The molecule has 2 N–H and O–H groups in total. The van der Waals surface area contributed by atoms with Crippen molar-refractivity contribution in [1.82, 2.24) is 0 Å². The second kappa shape index (κ2) is 10.7. The van der Waals surface area contributed by atoms with E-state index in [1.807, 2.05) is 24.3 Å². The Labute approximate surface area is 182 Å². The molecule has 4 nitrogen and oxygen atoms in total. The van der Waals surface area contributed by atoms with Gasteiger partial charge in [0.15, 0.2) is 0 Å². The van der Waals surface area contributed by atoms with Crippen molar-refractivity contribution >= 4 is 46.4 Å². The first-order chi connectivity index (χ1) is 14.1. The molecule has 2 aromatic rings. The summed E-state index contributed by atoms with van der Waals surface area (Å²) in [7, 11) is 0. The highest BCUT2D eigenvalue weighted by Crippen LogP contribution is 2.41. The van der Waals surface area contributed by atoms with Crippen molar-refractivity contribution in [2.24, 2.45) is 5.92 Å². The highest BCUT2D eigenvalue weighted by Gasteiger charge is 2.26. The number of hydrogen-bond acceptors (Lipinski definition) is 2. The predicted molar refractivity (Wildman–Crippen MR) is 120 cm³/mol. The third-order valence-electron chi connectivity index (χ3n) is 5.47. The maximum atomic E-state index is 11.5. The van der Waals surface area contributed by atoms with Crippen molar-refractivity contribution in [1.29, 1.82) is 0 Å². The summed E-state index contributed by atoms with van der Waals surface area (Å²) < 4.78 is 0. The van der Waals surface area contributed by atoms with E-state index in [9.17, 15) is 9.59 Å². The highest BCUT2D eigenvalue weighted by atomic mass is 35.5. The second-order valence-electron chi connectivity index (χ2n) is 7.48. The number of amides is 2. The zero-order chi connectivity index (χ0) is 20.6. The standard InChI is InChI=1S/C23H26Cl2N2O2/c24-14-21(28)26-19-10-6-17(7-11-19)23(16-4-2-1-3-5-16)18-8-12-20(13-9-18)27-22(29)15-25/h6-13,16,23H,1-5,14-15H2,(H,26,28)(H,27,29). The molecule has 6 heteroatoms. The fraction of sp³-hybridized carbons (Fsp3) is 0.391. The smallest absolute Gasteiger partial charge is 0.239 e. The lowest BCUT2D eigenvalue weighted by atomic mass is 9.73. The molecule has 0 heterocycles. The lowest BCUT2D eigenvalue weighted by molar-refractivity contribution is -0.114. The number of halogens is 2. The number of carbonyl (C=O) groups excluding carboxylic acids is 2. The Bertz CT molecular complexity index is 754. The number of nitrogens with one attached hydrogen (secondary N) is 2. The minimum Gasteiger partial charge on any atom is -0.325 e. The first kappa shape index (κ1) is 21.7. The van der Waals surface area contributed by atoms with Gasteiger partial charge < -0.3 is 10.6 Å². The van der Waals surface area contributed by atoms with Crippen LogP contribution in [0.1, 0.15) is 49.1 Å². The quantitative estimate of drug-likeness (QED) is 0.546. The minimum atomic E-state index is -0.210. The van der Waals surface area contributed by atoms with Crippen molar-refractivity contribution in [3.8, 4) is 0 Å². The molecular weight excluding hydrogens is 407 g/mol. The molecule has 29 heavy (non-hydrogen) atoms. The second-order valence-corrected chi connectivity index (χ2v) is 8.02. The average Bonchev–Trinajstić information content (AvgIpc) is 2.77. The van der Waals surface area contributed by atoms with Crippen LogP contribution in [0.15, 0.2) is 48.5 Å². The summed E-state index contributed by atoms with van der Waals surface area (Å²) in [6.45, 7) is 0. The molecule has 0 aliphatic heterocycles. The van der Waals surface area contributed by atoms with Gasteiger partial charge in [-0.15, -0.1) is 23.2 Å². The van der Waals surface area contributed by atoms with Gasteiger partial charge in [0.2, 0.25) is 11.8 Å². The first-order valence-electron chi connectivity index (χ1n) is 10.0. The van der Waals surface area contributed by atoms with Gasteiger partial charge in [0, 0.05) is 17.3 Å². The van der Waals surface area contributed by atoms with Crippen LogP contribution in [-0.2, 0) is 9.59 Å². The number of rotatable bonds is 7. The lowest BCUT2D eigenvalue weighted by Crippen LogP contribution is -2.18. The van der Waals surface area contributed by atoms with E-state index in [4.69, 9.17) is 23.2 Å². The molecule has 0 atom stereocenters. The highest BCUT2D eigenvalue weighted by molar-refractivity contribution is 6.29. The maximum absolute atomic E-state index is 11.5. The summed E-state index contributed by atoms with van der Waals surface area (Å²) in [5.74, 6) is 0.329. The Kier molecular flexibility index (Phi) is 7.96. The van der Waals surface area contributed by atoms with Crippen LogP contribution < -0.4 is 10.6 Å². The first-order valence-corrected chi connectivity index (χ1v) is 11.1. The Morgan fingerprint density at radius 2 is 1.17 bits per heavy atom. The molecule has 0 bridgehead atoms. The van der Waals surface area contributed by atoms with E-state index in [0.29, 0.717) is 5.92 Å². The van der Waals surface area contributed by atoms with Gasteiger partial charge in [0.05, 0.1) is 0 Å². The molecule has 1 saturated carbocycles. The molecule has 0 saturated heterocycles. The van der Waals surface area contributed by atoms with E-state index in [0.717, 1.165) is 11.4 Å². The van der Waals surface area contributed by atoms with Gasteiger partial charge in [-0.25, -0.2) is 0 Å². The zero-order valence-corrected chi connectivity index (χ0v) is 17.8. The summed E-state index contributed by atoms with van der Waals surface area (Å²) in [6.07, 6.45) is 6.24. The SMILES string of the molecule is O=C(CCl)Nc1ccc(C(c2ccc(NC(=O)CCl)cc2)C2CCCCC2)cc1. The Hall–Kier alpha value is -2.04. The van der Waals surface area contributed by atoms with E-state index in [1.165, 1.54) is 43.2 Å². The van der Waals surface area contributed by atoms with E-state index >= 15 is 0 Å². The molecule has 0 spiro atoms. The van der Waals surface area contributed by atoms with E-state index in [2.05, 4.69) is 34.9 Å². The van der Waals surface area contributed by atoms with Gasteiger partial charge in [0.25, 0.3) is 0 Å². The summed E-state index contributed by atoms with van der Waals surface area (Å²) in [6, 6.07) is 16.1. The van der Waals surface area contributed by atoms with Crippen LogP contribution >= 0.6 is 23.2 Å². The summed E-state index contributed by atoms with van der Waals surface area (Å²) in [4.78, 5) is 23.0. The molecule has 1 aliphatic rings. The van der Waals surface area contributed by atoms with Gasteiger partial charge >= 0.3 is 0 Å². The molecule has 0 radical (unpaired) electrons. The van der Waals surface area contributed by atoms with Crippen molar-refractivity contribution in [3.63, 3.8) is 0 Å². The average molecular weight is 433 g/mol. The Morgan fingerprint density at radius 1 is 0.759 bits per heavy atom. The van der Waals surface area contributed by atoms with E-state index in [-0.39, 0.29) is 29.5 Å². The lowest BCUT2D eigenvalue weighted by Gasteiger charge is -2.31. The van der Waals surface area contributed by atoms with Crippen molar-refractivity contribution < 1.29 is 9.59 Å². The molecule has 0 aromatic heterocycles.